The van der Waals surface area contributed by atoms with Gasteiger partial charge in [-0.15, -0.1) is 0 Å². The molecular formula is C18H20N4O3. The Bertz CT molecular complexity index is 768. The number of nitrogens with zero attached hydrogens (tertiary/aromatic N) is 2. The van der Waals surface area contributed by atoms with E-state index in [1.165, 1.54) is 0 Å². The third-order valence-corrected chi connectivity index (χ3v) is 4.95. The van der Waals surface area contributed by atoms with Crippen LogP contribution in [0.3, 0.4) is 0 Å². The van der Waals surface area contributed by atoms with Gasteiger partial charge in [0.05, 0.1) is 6.07 Å². The van der Waals surface area contributed by atoms with Gasteiger partial charge in [-0.3, -0.25) is 14.5 Å². The van der Waals surface area contributed by atoms with Gasteiger partial charge in [-0.05, 0) is 38.2 Å². The molecule has 7 heteroatoms. The Morgan fingerprint density at radius 1 is 1.40 bits per heavy atom. The number of nitriles is 1. The summed E-state index contributed by atoms with van der Waals surface area (Å²) in [5.41, 5.74) is -1.51. The van der Waals surface area contributed by atoms with E-state index in [2.05, 4.69) is 16.7 Å². The molecule has 1 aromatic carbocycles. The van der Waals surface area contributed by atoms with Gasteiger partial charge in [0.25, 0.3) is 5.91 Å². The number of nitrogens with one attached hydrogen (secondary N) is 2. The van der Waals surface area contributed by atoms with E-state index in [1.54, 1.807) is 38.1 Å². The van der Waals surface area contributed by atoms with Gasteiger partial charge < -0.3 is 10.6 Å². The summed E-state index contributed by atoms with van der Waals surface area (Å²) in [7, 11) is 0. The molecule has 2 atom stereocenters. The van der Waals surface area contributed by atoms with Crippen molar-refractivity contribution in [1.82, 2.24) is 15.5 Å². The summed E-state index contributed by atoms with van der Waals surface area (Å²) in [6, 6.07) is 10.4. The molecule has 0 spiro atoms. The van der Waals surface area contributed by atoms with E-state index in [1.807, 2.05) is 6.07 Å². The Morgan fingerprint density at radius 2 is 2.04 bits per heavy atom. The smallest absolute Gasteiger partial charge is 0.325 e. The molecule has 0 radical (unpaired) electrons. The molecule has 1 saturated heterocycles. The summed E-state index contributed by atoms with van der Waals surface area (Å²) in [6.07, 6.45) is 1.78. The topological polar surface area (TPSA) is 102 Å². The van der Waals surface area contributed by atoms with Crippen molar-refractivity contribution in [2.24, 2.45) is 5.92 Å². The van der Waals surface area contributed by atoms with Crippen molar-refractivity contribution in [1.29, 1.82) is 5.26 Å². The van der Waals surface area contributed by atoms with E-state index < -0.39 is 35.5 Å². The van der Waals surface area contributed by atoms with Gasteiger partial charge in [0.15, 0.2) is 0 Å². The highest BCUT2D eigenvalue weighted by atomic mass is 16.2. The Balaban J connectivity index is 1.73. The molecule has 25 heavy (non-hydrogen) atoms. The maximum absolute atomic E-state index is 12.8. The van der Waals surface area contributed by atoms with Crippen molar-refractivity contribution in [3.05, 3.63) is 35.9 Å². The summed E-state index contributed by atoms with van der Waals surface area (Å²) in [6.45, 7) is 2.88. The maximum atomic E-state index is 12.8. The molecule has 1 heterocycles. The van der Waals surface area contributed by atoms with E-state index in [0.717, 1.165) is 17.7 Å². The first-order valence-electron chi connectivity index (χ1n) is 8.22. The zero-order valence-electron chi connectivity index (χ0n) is 14.2. The molecular weight excluding hydrogens is 320 g/mol. The second-order valence-electron chi connectivity index (χ2n) is 6.95. The Hall–Kier alpha value is -2.88. The van der Waals surface area contributed by atoms with Crippen LogP contribution in [-0.2, 0) is 15.1 Å². The number of hydrogen-bond acceptors (Lipinski definition) is 4. The summed E-state index contributed by atoms with van der Waals surface area (Å²) < 4.78 is 0. The lowest BCUT2D eigenvalue weighted by atomic mass is 9.92. The average Bonchev–Trinajstić information content (AvgIpc) is 3.42. The fourth-order valence-corrected chi connectivity index (χ4v) is 3.16. The van der Waals surface area contributed by atoms with Gasteiger partial charge in [-0.2, -0.15) is 5.26 Å². The molecule has 3 rings (SSSR count). The second-order valence-corrected chi connectivity index (χ2v) is 6.95. The summed E-state index contributed by atoms with van der Waals surface area (Å²) in [5.74, 6) is -0.875. The molecule has 1 saturated carbocycles. The standard InChI is InChI=1S/C18H20N4O3/c1-17(11-19,12-8-9-12)20-14(23)10-22-15(24)18(2,21-16(22)25)13-6-4-3-5-7-13/h3-7,12H,8-10H2,1-2H3,(H,20,23)(H,21,25)/t17-,18+/m0/s1. The molecule has 130 valence electrons. The first-order valence-corrected chi connectivity index (χ1v) is 8.22. The van der Waals surface area contributed by atoms with E-state index in [-0.39, 0.29) is 5.92 Å². The van der Waals surface area contributed by atoms with Crippen LogP contribution >= 0.6 is 0 Å². The number of rotatable bonds is 5. The second kappa shape index (κ2) is 5.88. The van der Waals surface area contributed by atoms with Crippen LogP contribution in [0.5, 0.6) is 0 Å². The third-order valence-electron chi connectivity index (χ3n) is 4.95. The Morgan fingerprint density at radius 3 is 2.60 bits per heavy atom. The molecule has 4 amide bonds. The molecule has 1 aliphatic carbocycles. The molecule has 2 fully saturated rings. The lowest BCUT2D eigenvalue weighted by molar-refractivity contribution is -0.135. The highest BCUT2D eigenvalue weighted by molar-refractivity contribution is 6.09. The van der Waals surface area contributed by atoms with Gasteiger partial charge in [0, 0.05) is 0 Å². The van der Waals surface area contributed by atoms with Gasteiger partial charge in [0.1, 0.15) is 17.6 Å². The highest BCUT2D eigenvalue weighted by Gasteiger charge is 2.50. The van der Waals surface area contributed by atoms with Crippen molar-refractivity contribution in [2.45, 2.75) is 37.8 Å². The lowest BCUT2D eigenvalue weighted by Crippen LogP contribution is -2.51. The average molecular weight is 340 g/mol. The number of benzene rings is 1. The van der Waals surface area contributed by atoms with Crippen LogP contribution in [0, 0.1) is 17.2 Å². The molecule has 0 unspecified atom stereocenters. The Labute approximate surface area is 146 Å². The summed E-state index contributed by atoms with van der Waals surface area (Å²) in [5, 5.41) is 14.6. The van der Waals surface area contributed by atoms with Crippen molar-refractivity contribution < 1.29 is 14.4 Å². The quantitative estimate of drug-likeness (QED) is 0.788. The van der Waals surface area contributed by atoms with Gasteiger partial charge in [-0.25, -0.2) is 4.79 Å². The minimum atomic E-state index is -1.20. The minimum absolute atomic E-state index is 0.124. The number of carbonyl (C=O) groups excluding carboxylic acids is 3. The first kappa shape index (κ1) is 17.0. The van der Waals surface area contributed by atoms with Crippen LogP contribution in [0.4, 0.5) is 4.79 Å². The molecule has 2 aliphatic rings. The molecule has 7 nitrogen and oxygen atoms in total. The van der Waals surface area contributed by atoms with Crippen LogP contribution in [0.25, 0.3) is 0 Å². The summed E-state index contributed by atoms with van der Waals surface area (Å²) in [4.78, 5) is 38.2. The van der Waals surface area contributed by atoms with Gasteiger partial charge in [0.2, 0.25) is 5.91 Å². The summed E-state index contributed by atoms with van der Waals surface area (Å²) >= 11 is 0. The third kappa shape index (κ3) is 2.95. The molecule has 2 N–H and O–H groups in total. The lowest BCUT2D eigenvalue weighted by Gasteiger charge is -2.25. The first-order chi connectivity index (χ1) is 11.8. The zero-order chi connectivity index (χ0) is 18.2. The van der Waals surface area contributed by atoms with Gasteiger partial charge in [-0.1, -0.05) is 30.3 Å². The number of carbonyl (C=O) groups is 3. The molecule has 1 aliphatic heterocycles. The largest absolute Gasteiger partial charge is 0.336 e. The van der Waals surface area contributed by atoms with Crippen LogP contribution in [0.1, 0.15) is 32.3 Å². The van der Waals surface area contributed by atoms with Crippen LogP contribution in [0.2, 0.25) is 0 Å². The van der Waals surface area contributed by atoms with Crippen molar-refractivity contribution in [3.8, 4) is 6.07 Å². The fourth-order valence-electron chi connectivity index (χ4n) is 3.16. The predicted octanol–water partition coefficient (Wildman–Crippen LogP) is 1.26. The molecule has 0 aromatic heterocycles. The monoisotopic (exact) mass is 340 g/mol. The number of hydrogen-bond donors (Lipinski definition) is 2. The minimum Gasteiger partial charge on any atom is -0.336 e. The molecule has 0 bridgehead atoms. The van der Waals surface area contributed by atoms with E-state index in [9.17, 15) is 19.6 Å². The zero-order valence-corrected chi connectivity index (χ0v) is 14.2. The van der Waals surface area contributed by atoms with E-state index in [0.29, 0.717) is 5.56 Å². The number of urea groups is 1. The van der Waals surface area contributed by atoms with Crippen LogP contribution in [-0.4, -0.2) is 34.8 Å². The van der Waals surface area contributed by atoms with Crippen molar-refractivity contribution in [3.63, 3.8) is 0 Å². The maximum Gasteiger partial charge on any atom is 0.325 e. The highest BCUT2D eigenvalue weighted by Crippen LogP contribution is 2.39. The number of amides is 4. The van der Waals surface area contributed by atoms with E-state index >= 15 is 0 Å². The van der Waals surface area contributed by atoms with Crippen molar-refractivity contribution in [2.75, 3.05) is 6.54 Å². The molecule has 1 aromatic rings. The van der Waals surface area contributed by atoms with Crippen LogP contribution < -0.4 is 10.6 Å². The predicted molar refractivity (Wildman–Crippen MR) is 88.9 cm³/mol. The number of imide groups is 1. The van der Waals surface area contributed by atoms with Crippen molar-refractivity contribution >= 4 is 17.8 Å². The van der Waals surface area contributed by atoms with Gasteiger partial charge >= 0.3 is 6.03 Å². The normalized spacial score (nSPS) is 25.1. The SMILES string of the molecule is C[C@]1(c2ccccc2)NC(=O)N(CC(=O)N[C@@](C)(C#N)C2CC2)C1=O. The fraction of sp³-hybridized carbons (Fsp3) is 0.444. The van der Waals surface area contributed by atoms with Crippen LogP contribution in [0.15, 0.2) is 30.3 Å². The van der Waals surface area contributed by atoms with E-state index in [4.69, 9.17) is 0 Å². The Kier molecular flexibility index (Phi) is 3.99.